The maximum absolute atomic E-state index is 11.9. The van der Waals surface area contributed by atoms with Gasteiger partial charge >= 0.3 is 5.69 Å². The lowest BCUT2D eigenvalue weighted by Gasteiger charge is -2.21. The van der Waals surface area contributed by atoms with Crippen molar-refractivity contribution in [2.75, 3.05) is 6.61 Å². The van der Waals surface area contributed by atoms with Gasteiger partial charge in [-0.3, -0.25) is 14.3 Å². The van der Waals surface area contributed by atoms with Crippen LogP contribution in [0.1, 0.15) is 11.6 Å². The number of aromatic nitrogens is 2. The summed E-state index contributed by atoms with van der Waals surface area (Å²) in [6, 6.07) is -1.16. The van der Waals surface area contributed by atoms with Crippen LogP contribution in [-0.4, -0.2) is 54.9 Å². The third kappa shape index (κ3) is 2.74. The number of H-pyrrole nitrogens is 1. The van der Waals surface area contributed by atoms with Crippen LogP contribution < -0.4 is 11.2 Å². The summed E-state index contributed by atoms with van der Waals surface area (Å²) < 4.78 is 0.956. The van der Waals surface area contributed by atoms with Crippen LogP contribution in [0.15, 0.2) is 20.8 Å². The first-order chi connectivity index (χ1) is 9.92. The molecule has 21 heavy (non-hydrogen) atoms. The molecule has 1 aliphatic rings. The van der Waals surface area contributed by atoms with Crippen molar-refractivity contribution >= 4 is 22.0 Å². The van der Waals surface area contributed by atoms with Crippen molar-refractivity contribution in [2.45, 2.75) is 24.4 Å². The molecule has 2 rings (SSSR count). The fourth-order valence-electron chi connectivity index (χ4n) is 2.57. The van der Waals surface area contributed by atoms with Gasteiger partial charge < -0.3 is 20.4 Å². The molecule has 0 bridgehead atoms. The molecule has 5 atom stereocenters. The minimum Gasteiger partial charge on any atom is -0.396 e. The predicted octanol–water partition coefficient (Wildman–Crippen LogP) is -1.85. The van der Waals surface area contributed by atoms with Crippen LogP contribution in [0.2, 0.25) is 0 Å². The number of nitrogens with zero attached hydrogens (tertiary/aromatic N) is 1. The SMILES string of the molecule is O=c1[nH]c(=O)n([C@@H]2C(O)C(O)[C@H](CO)[C@@H]2O)cc1/C=C/Br. The highest BCUT2D eigenvalue weighted by molar-refractivity contribution is 9.11. The van der Waals surface area contributed by atoms with Crippen LogP contribution in [0.25, 0.3) is 6.08 Å². The first kappa shape index (κ1) is 16.1. The molecule has 9 heteroatoms. The second-order valence-electron chi connectivity index (χ2n) is 4.85. The zero-order valence-electron chi connectivity index (χ0n) is 10.8. The standard InChI is InChI=1S/C12H15BrN2O6/c13-2-1-5-3-15(12(21)14-11(5)20)7-8(17)6(4-16)9(18)10(7)19/h1-3,6-10,16-19H,4H2,(H,14,20,21)/b2-1+/t6-,7+,8+,9?,10?/m1/s1. The molecule has 5 N–H and O–H groups in total. The third-order valence-electron chi connectivity index (χ3n) is 3.70. The highest BCUT2D eigenvalue weighted by Gasteiger charge is 2.49. The van der Waals surface area contributed by atoms with E-state index >= 15 is 0 Å². The van der Waals surface area contributed by atoms with E-state index in [0.29, 0.717) is 0 Å². The van der Waals surface area contributed by atoms with Crippen LogP contribution in [0.3, 0.4) is 0 Å². The summed E-state index contributed by atoms with van der Waals surface area (Å²) in [4.78, 5) is 27.0. The molecule has 1 aliphatic carbocycles. The molecular formula is C12H15BrN2O6. The minimum atomic E-state index is -1.44. The van der Waals surface area contributed by atoms with E-state index in [0.717, 1.165) is 4.57 Å². The molecule has 0 aromatic carbocycles. The Balaban J connectivity index is 2.54. The molecule has 0 amide bonds. The summed E-state index contributed by atoms with van der Waals surface area (Å²) >= 11 is 3.01. The van der Waals surface area contributed by atoms with Crippen molar-refractivity contribution in [3.63, 3.8) is 0 Å². The number of aromatic amines is 1. The van der Waals surface area contributed by atoms with Crippen LogP contribution in [0.5, 0.6) is 0 Å². The summed E-state index contributed by atoms with van der Waals surface area (Å²) in [6.45, 7) is -0.540. The van der Waals surface area contributed by atoms with E-state index < -0.39 is 48.1 Å². The van der Waals surface area contributed by atoms with Crippen LogP contribution >= 0.6 is 15.9 Å². The Morgan fingerprint density at radius 1 is 1.24 bits per heavy atom. The summed E-state index contributed by atoms with van der Waals surface area (Å²) in [7, 11) is 0. The molecule has 0 aliphatic heterocycles. The molecule has 1 aromatic rings. The van der Waals surface area contributed by atoms with Crippen molar-refractivity contribution in [3.05, 3.63) is 37.6 Å². The molecule has 1 aromatic heterocycles. The molecule has 0 spiro atoms. The zero-order chi connectivity index (χ0) is 15.7. The van der Waals surface area contributed by atoms with Gasteiger partial charge in [0.15, 0.2) is 0 Å². The topological polar surface area (TPSA) is 136 Å². The lowest BCUT2D eigenvalue weighted by atomic mass is 10.0. The van der Waals surface area contributed by atoms with Gasteiger partial charge in [-0.05, 0) is 11.1 Å². The van der Waals surface area contributed by atoms with Crippen molar-refractivity contribution < 1.29 is 20.4 Å². The Kier molecular flexibility index (Phi) is 4.79. The summed E-state index contributed by atoms with van der Waals surface area (Å²) in [5, 5.41) is 39.0. The number of halogens is 1. The highest BCUT2D eigenvalue weighted by atomic mass is 79.9. The summed E-state index contributed by atoms with van der Waals surface area (Å²) in [6.07, 6.45) is -1.57. The Morgan fingerprint density at radius 2 is 1.90 bits per heavy atom. The Morgan fingerprint density at radius 3 is 2.43 bits per heavy atom. The maximum Gasteiger partial charge on any atom is 0.328 e. The number of nitrogens with one attached hydrogen (secondary N) is 1. The largest absolute Gasteiger partial charge is 0.396 e. The van der Waals surface area contributed by atoms with Crippen molar-refractivity contribution in [2.24, 2.45) is 5.92 Å². The molecule has 0 saturated heterocycles. The van der Waals surface area contributed by atoms with E-state index in [1.807, 2.05) is 0 Å². The van der Waals surface area contributed by atoms with Crippen molar-refractivity contribution in [3.8, 4) is 0 Å². The fraction of sp³-hybridized carbons (Fsp3) is 0.500. The van der Waals surface area contributed by atoms with Crippen LogP contribution in [0, 0.1) is 5.92 Å². The van der Waals surface area contributed by atoms with E-state index in [-0.39, 0.29) is 5.56 Å². The monoisotopic (exact) mass is 362 g/mol. The third-order valence-corrected chi connectivity index (χ3v) is 3.96. The molecule has 116 valence electrons. The highest BCUT2D eigenvalue weighted by Crippen LogP contribution is 2.34. The van der Waals surface area contributed by atoms with Gasteiger partial charge in [-0.2, -0.15) is 0 Å². The van der Waals surface area contributed by atoms with Gasteiger partial charge in [0.05, 0.1) is 30.4 Å². The van der Waals surface area contributed by atoms with Gasteiger partial charge in [-0.25, -0.2) is 4.79 Å². The van der Waals surface area contributed by atoms with Gasteiger partial charge in [0, 0.05) is 12.1 Å². The minimum absolute atomic E-state index is 0.132. The Hall–Kier alpha value is -1.26. The first-order valence-electron chi connectivity index (χ1n) is 6.19. The second-order valence-corrected chi connectivity index (χ2v) is 5.38. The van der Waals surface area contributed by atoms with E-state index in [4.69, 9.17) is 5.11 Å². The van der Waals surface area contributed by atoms with Gasteiger partial charge in [0.2, 0.25) is 0 Å². The summed E-state index contributed by atoms with van der Waals surface area (Å²) in [5.41, 5.74) is -1.30. The van der Waals surface area contributed by atoms with Gasteiger partial charge in [0.25, 0.3) is 5.56 Å². The summed E-state index contributed by atoms with van der Waals surface area (Å²) in [5.74, 6) is -0.973. The van der Waals surface area contributed by atoms with Gasteiger partial charge in [0.1, 0.15) is 6.10 Å². The molecule has 2 unspecified atom stereocenters. The predicted molar refractivity (Wildman–Crippen MR) is 76.9 cm³/mol. The molecule has 1 saturated carbocycles. The van der Waals surface area contributed by atoms with E-state index in [1.165, 1.54) is 17.3 Å². The van der Waals surface area contributed by atoms with E-state index in [1.54, 1.807) is 0 Å². The quantitative estimate of drug-likeness (QED) is 0.428. The molecule has 0 radical (unpaired) electrons. The molecular weight excluding hydrogens is 348 g/mol. The lowest BCUT2D eigenvalue weighted by Crippen LogP contribution is -2.40. The number of hydrogen-bond donors (Lipinski definition) is 5. The van der Waals surface area contributed by atoms with Crippen LogP contribution in [0.4, 0.5) is 0 Å². The average Bonchev–Trinajstić information content (AvgIpc) is 2.64. The lowest BCUT2D eigenvalue weighted by molar-refractivity contribution is -0.00809. The molecule has 1 heterocycles. The number of hydrogen-bond acceptors (Lipinski definition) is 6. The molecule has 8 nitrogen and oxygen atoms in total. The maximum atomic E-state index is 11.9. The number of aliphatic hydroxyl groups excluding tert-OH is 4. The van der Waals surface area contributed by atoms with Gasteiger partial charge in [-0.1, -0.05) is 15.9 Å². The molecule has 1 fully saturated rings. The zero-order valence-corrected chi connectivity index (χ0v) is 12.3. The van der Waals surface area contributed by atoms with Crippen molar-refractivity contribution in [1.29, 1.82) is 0 Å². The normalized spacial score (nSPS) is 32.9. The first-order valence-corrected chi connectivity index (χ1v) is 7.11. The van der Waals surface area contributed by atoms with Crippen molar-refractivity contribution in [1.82, 2.24) is 9.55 Å². The van der Waals surface area contributed by atoms with E-state index in [2.05, 4.69) is 20.9 Å². The number of rotatable bonds is 3. The average molecular weight is 363 g/mol. The number of aliphatic hydroxyl groups is 4. The van der Waals surface area contributed by atoms with Crippen LogP contribution in [-0.2, 0) is 0 Å². The Bertz CT molecular complexity index is 654. The second kappa shape index (κ2) is 6.24. The smallest absolute Gasteiger partial charge is 0.328 e. The Labute approximate surface area is 127 Å². The van der Waals surface area contributed by atoms with E-state index in [9.17, 15) is 24.9 Å². The van der Waals surface area contributed by atoms with Gasteiger partial charge in [-0.15, -0.1) is 0 Å². The fourth-order valence-corrected chi connectivity index (χ4v) is 2.85.